The molecule has 0 radical (unpaired) electrons. The Labute approximate surface area is 164 Å². The van der Waals surface area contributed by atoms with Crippen LogP contribution in [0.2, 0.25) is 0 Å². The normalized spacial score (nSPS) is 10.8. The Hall–Kier alpha value is -2.19. The van der Waals surface area contributed by atoms with Crippen molar-refractivity contribution in [3.63, 3.8) is 0 Å². The zero-order chi connectivity index (χ0) is 18.7. The SMILES string of the molecule is Cc1ccc(-n2nnnc2SCC(=O)Nc2ccc(Br)c(C)c2)cc1C. The van der Waals surface area contributed by atoms with E-state index >= 15 is 0 Å². The van der Waals surface area contributed by atoms with Crippen molar-refractivity contribution in [3.8, 4) is 5.69 Å². The maximum Gasteiger partial charge on any atom is 0.234 e. The Kier molecular flexibility index (Phi) is 5.73. The van der Waals surface area contributed by atoms with Crippen LogP contribution in [0.25, 0.3) is 5.69 Å². The number of tetrazole rings is 1. The average molecular weight is 432 g/mol. The molecule has 3 aromatic rings. The number of nitrogens with zero attached hydrogens (tertiary/aromatic N) is 4. The quantitative estimate of drug-likeness (QED) is 0.616. The van der Waals surface area contributed by atoms with Gasteiger partial charge >= 0.3 is 0 Å². The summed E-state index contributed by atoms with van der Waals surface area (Å²) >= 11 is 4.75. The number of rotatable bonds is 5. The van der Waals surface area contributed by atoms with Crippen molar-refractivity contribution in [1.82, 2.24) is 20.2 Å². The molecular weight excluding hydrogens is 414 g/mol. The van der Waals surface area contributed by atoms with Gasteiger partial charge in [0.25, 0.3) is 0 Å². The van der Waals surface area contributed by atoms with E-state index in [0.717, 1.165) is 27.0 Å². The lowest BCUT2D eigenvalue weighted by Gasteiger charge is -2.08. The van der Waals surface area contributed by atoms with Crippen LogP contribution in [-0.2, 0) is 4.79 Å². The number of hydrogen-bond acceptors (Lipinski definition) is 5. The number of aryl methyl sites for hydroxylation is 3. The van der Waals surface area contributed by atoms with Crippen molar-refractivity contribution < 1.29 is 4.79 Å². The summed E-state index contributed by atoms with van der Waals surface area (Å²) in [7, 11) is 0. The van der Waals surface area contributed by atoms with Crippen molar-refractivity contribution in [2.45, 2.75) is 25.9 Å². The van der Waals surface area contributed by atoms with Crippen LogP contribution < -0.4 is 5.32 Å². The minimum atomic E-state index is -0.105. The van der Waals surface area contributed by atoms with Crippen LogP contribution in [0, 0.1) is 20.8 Å². The number of amides is 1. The average Bonchev–Trinajstić information content (AvgIpc) is 3.07. The highest BCUT2D eigenvalue weighted by atomic mass is 79.9. The van der Waals surface area contributed by atoms with E-state index in [0.29, 0.717) is 5.16 Å². The lowest BCUT2D eigenvalue weighted by Crippen LogP contribution is -2.14. The van der Waals surface area contributed by atoms with Crippen molar-refractivity contribution in [2.24, 2.45) is 0 Å². The van der Waals surface area contributed by atoms with Gasteiger partial charge in [-0.3, -0.25) is 4.79 Å². The molecule has 26 heavy (non-hydrogen) atoms. The van der Waals surface area contributed by atoms with Gasteiger partial charge in [-0.05, 0) is 78.2 Å². The first-order valence-corrected chi connectivity index (χ1v) is 9.76. The fourth-order valence-corrected chi connectivity index (χ4v) is 3.28. The van der Waals surface area contributed by atoms with Crippen molar-refractivity contribution in [2.75, 3.05) is 11.1 Å². The summed E-state index contributed by atoms with van der Waals surface area (Å²) in [5, 5.41) is 15.3. The Balaban J connectivity index is 1.66. The molecule has 1 heterocycles. The number of carbonyl (C=O) groups excluding carboxylic acids is 1. The smallest absolute Gasteiger partial charge is 0.234 e. The molecule has 0 atom stereocenters. The van der Waals surface area contributed by atoms with E-state index in [1.54, 1.807) is 4.68 Å². The summed E-state index contributed by atoms with van der Waals surface area (Å²) in [5.41, 5.74) is 5.08. The zero-order valence-corrected chi connectivity index (χ0v) is 17.1. The third kappa shape index (κ3) is 4.31. The molecule has 1 aromatic heterocycles. The predicted molar refractivity (Wildman–Crippen MR) is 107 cm³/mol. The third-order valence-corrected chi connectivity index (χ3v) is 5.76. The molecular formula is C18H18BrN5OS. The van der Waals surface area contributed by atoms with E-state index in [4.69, 9.17) is 0 Å². The van der Waals surface area contributed by atoms with Gasteiger partial charge in [-0.15, -0.1) is 5.10 Å². The Morgan fingerprint density at radius 3 is 2.65 bits per heavy atom. The van der Waals surface area contributed by atoms with Gasteiger partial charge < -0.3 is 5.32 Å². The molecule has 0 aliphatic heterocycles. The first kappa shape index (κ1) is 18.6. The summed E-state index contributed by atoms with van der Waals surface area (Å²) in [6.07, 6.45) is 0. The molecule has 0 unspecified atom stereocenters. The highest BCUT2D eigenvalue weighted by Gasteiger charge is 2.12. The van der Waals surface area contributed by atoms with Gasteiger partial charge in [-0.1, -0.05) is 33.8 Å². The molecule has 3 rings (SSSR count). The summed E-state index contributed by atoms with van der Waals surface area (Å²) < 4.78 is 2.66. The van der Waals surface area contributed by atoms with E-state index in [1.165, 1.54) is 17.3 Å². The Morgan fingerprint density at radius 2 is 1.92 bits per heavy atom. The van der Waals surface area contributed by atoms with E-state index in [9.17, 15) is 4.79 Å². The van der Waals surface area contributed by atoms with Crippen LogP contribution >= 0.6 is 27.7 Å². The molecule has 0 spiro atoms. The molecule has 0 aliphatic rings. The molecule has 2 aromatic carbocycles. The highest BCUT2D eigenvalue weighted by molar-refractivity contribution is 9.10. The molecule has 0 saturated heterocycles. The number of benzene rings is 2. The van der Waals surface area contributed by atoms with Gasteiger partial charge in [0, 0.05) is 10.2 Å². The standard InChI is InChI=1S/C18H18BrN5OS/c1-11-4-6-15(9-12(11)2)24-18(21-22-23-24)26-10-17(25)20-14-5-7-16(19)13(3)8-14/h4-9H,10H2,1-3H3,(H,20,25). The molecule has 0 fully saturated rings. The lowest BCUT2D eigenvalue weighted by atomic mass is 10.1. The van der Waals surface area contributed by atoms with Gasteiger partial charge in [-0.2, -0.15) is 4.68 Å². The number of anilines is 1. The second kappa shape index (κ2) is 8.01. The molecule has 8 heteroatoms. The first-order valence-electron chi connectivity index (χ1n) is 7.99. The summed E-state index contributed by atoms with van der Waals surface area (Å²) in [6.45, 7) is 6.08. The second-order valence-electron chi connectivity index (χ2n) is 5.94. The van der Waals surface area contributed by atoms with Crippen LogP contribution in [0.5, 0.6) is 0 Å². The van der Waals surface area contributed by atoms with Crippen LogP contribution in [0.3, 0.4) is 0 Å². The van der Waals surface area contributed by atoms with Crippen LogP contribution in [0.15, 0.2) is 46.0 Å². The van der Waals surface area contributed by atoms with Gasteiger partial charge in [0.1, 0.15) is 0 Å². The predicted octanol–water partition coefficient (Wildman–Crippen LogP) is 4.08. The van der Waals surface area contributed by atoms with Crippen molar-refractivity contribution in [3.05, 3.63) is 57.6 Å². The maximum absolute atomic E-state index is 12.2. The minimum absolute atomic E-state index is 0.105. The molecule has 0 bridgehead atoms. The first-order chi connectivity index (χ1) is 12.4. The van der Waals surface area contributed by atoms with Crippen LogP contribution in [-0.4, -0.2) is 31.9 Å². The topological polar surface area (TPSA) is 72.7 Å². The van der Waals surface area contributed by atoms with Crippen molar-refractivity contribution in [1.29, 1.82) is 0 Å². The Morgan fingerprint density at radius 1 is 1.12 bits per heavy atom. The van der Waals surface area contributed by atoms with Gasteiger partial charge in [0.05, 0.1) is 11.4 Å². The van der Waals surface area contributed by atoms with Crippen LogP contribution in [0.4, 0.5) is 5.69 Å². The largest absolute Gasteiger partial charge is 0.325 e. The van der Waals surface area contributed by atoms with E-state index < -0.39 is 0 Å². The fourth-order valence-electron chi connectivity index (χ4n) is 2.34. The molecule has 1 N–H and O–H groups in total. The molecule has 6 nitrogen and oxygen atoms in total. The number of halogens is 1. The number of thioether (sulfide) groups is 1. The van der Waals surface area contributed by atoms with Gasteiger partial charge in [0.15, 0.2) is 0 Å². The van der Waals surface area contributed by atoms with Gasteiger partial charge in [-0.25, -0.2) is 0 Å². The van der Waals surface area contributed by atoms with E-state index in [-0.39, 0.29) is 11.7 Å². The number of nitrogens with one attached hydrogen (secondary N) is 1. The molecule has 1 amide bonds. The molecule has 134 valence electrons. The number of hydrogen-bond donors (Lipinski definition) is 1. The highest BCUT2D eigenvalue weighted by Crippen LogP contribution is 2.22. The van der Waals surface area contributed by atoms with E-state index in [2.05, 4.69) is 43.7 Å². The van der Waals surface area contributed by atoms with E-state index in [1.807, 2.05) is 50.2 Å². The lowest BCUT2D eigenvalue weighted by molar-refractivity contribution is -0.113. The van der Waals surface area contributed by atoms with Crippen LogP contribution in [0.1, 0.15) is 16.7 Å². The minimum Gasteiger partial charge on any atom is -0.325 e. The molecule has 0 aliphatic carbocycles. The maximum atomic E-state index is 12.2. The summed E-state index contributed by atoms with van der Waals surface area (Å²) in [5.74, 6) is 0.117. The summed E-state index contributed by atoms with van der Waals surface area (Å²) in [6, 6.07) is 11.7. The molecule has 0 saturated carbocycles. The number of aromatic nitrogens is 4. The second-order valence-corrected chi connectivity index (χ2v) is 7.74. The van der Waals surface area contributed by atoms with Gasteiger partial charge in [0.2, 0.25) is 11.1 Å². The number of carbonyl (C=O) groups is 1. The third-order valence-electron chi connectivity index (χ3n) is 3.95. The fraction of sp³-hybridized carbons (Fsp3) is 0.222. The zero-order valence-electron chi connectivity index (χ0n) is 14.7. The Bertz CT molecular complexity index is 957. The summed E-state index contributed by atoms with van der Waals surface area (Å²) in [4.78, 5) is 12.2. The monoisotopic (exact) mass is 431 g/mol. The van der Waals surface area contributed by atoms with Crippen molar-refractivity contribution >= 4 is 39.3 Å².